The van der Waals surface area contributed by atoms with Crippen LogP contribution in [0.15, 0.2) is 24.3 Å². The Morgan fingerprint density at radius 3 is 2.22 bits per heavy atom. The molecule has 0 bridgehead atoms. The summed E-state index contributed by atoms with van der Waals surface area (Å²) < 4.78 is 4.77. The number of rotatable bonds is 1. The van der Waals surface area contributed by atoms with Gasteiger partial charge in [0.25, 0.3) is 0 Å². The molecule has 0 aromatic heterocycles. The topological polar surface area (TPSA) is 9.23 Å². The maximum atomic E-state index is 4.77. The second-order valence-electron chi connectivity index (χ2n) is 1.92. The Kier molecular flexibility index (Phi) is 2.01. The van der Waals surface area contributed by atoms with Gasteiger partial charge in [0.15, 0.2) is 18.7 Å². The largest absolute Gasteiger partial charge is 0.291 e. The summed E-state index contributed by atoms with van der Waals surface area (Å²) in [5.41, 5.74) is 1.24. The van der Waals surface area contributed by atoms with Crippen molar-refractivity contribution in [1.29, 1.82) is 0 Å². The van der Waals surface area contributed by atoms with E-state index in [1.807, 2.05) is 31.2 Å². The fraction of sp³-hybridized carbons (Fsp3) is 0.143. The maximum Gasteiger partial charge on any atom is 0.187 e. The van der Waals surface area contributed by atoms with E-state index in [4.69, 9.17) is 4.18 Å². The highest BCUT2D eigenvalue weighted by Gasteiger charge is 1.89. The highest BCUT2D eigenvalue weighted by Crippen LogP contribution is 2.09. The molecule has 0 atom stereocenters. The number of aryl methyl sites for hydroxylation is 1. The Hall–Kier alpha value is -0.630. The van der Waals surface area contributed by atoms with E-state index in [0.717, 1.165) is 5.75 Å². The monoisotopic (exact) mass is 141 g/mol. The average Bonchev–Trinajstić information content (AvgIpc) is 1.90. The normalized spacial score (nSPS) is 9.11. The van der Waals surface area contributed by atoms with E-state index in [-0.39, 0.29) is 0 Å². The molecular weight excluding hydrogens is 132 g/mol. The minimum absolute atomic E-state index is 0.831. The molecule has 0 amide bonds. The van der Waals surface area contributed by atoms with Crippen LogP contribution in [-0.2, 0) is 12.9 Å². The van der Waals surface area contributed by atoms with Crippen molar-refractivity contribution < 1.29 is 4.18 Å². The quantitative estimate of drug-likeness (QED) is 0.536. The summed E-state index contributed by atoms with van der Waals surface area (Å²) in [6, 6.07) is 7.80. The van der Waals surface area contributed by atoms with Crippen LogP contribution in [0.5, 0.6) is 5.75 Å². The van der Waals surface area contributed by atoms with Gasteiger partial charge >= 0.3 is 0 Å². The second-order valence-corrected chi connectivity index (χ2v) is 2.12. The van der Waals surface area contributed by atoms with E-state index >= 15 is 0 Å². The number of hydrogen-bond donors (Lipinski definition) is 0. The molecule has 1 rings (SSSR count). The Morgan fingerprint density at radius 2 is 1.78 bits per heavy atom. The van der Waals surface area contributed by atoms with Crippen LogP contribution in [0.2, 0.25) is 0 Å². The molecule has 1 aromatic rings. The lowest BCUT2D eigenvalue weighted by atomic mass is 10.2. The van der Waals surface area contributed by atoms with Crippen molar-refractivity contribution >= 4 is 12.9 Å². The van der Waals surface area contributed by atoms with E-state index in [1.165, 1.54) is 5.56 Å². The highest BCUT2D eigenvalue weighted by atomic mass is 32.1. The van der Waals surface area contributed by atoms with Crippen molar-refractivity contribution in [2.75, 3.05) is 0 Å². The molecule has 1 aromatic carbocycles. The van der Waals surface area contributed by atoms with Gasteiger partial charge in [0.05, 0.1) is 0 Å². The third kappa shape index (κ3) is 1.64. The zero-order chi connectivity index (χ0) is 6.69. The first-order chi connectivity index (χ1) is 4.33. The summed E-state index contributed by atoms with van der Waals surface area (Å²) in [5.74, 6) is 0.831. The van der Waals surface area contributed by atoms with Crippen LogP contribution < -0.4 is 4.18 Å². The van der Waals surface area contributed by atoms with Crippen LogP contribution in [0.4, 0.5) is 0 Å². The third-order valence-corrected chi connectivity index (χ3v) is 1.37. The molecule has 0 aliphatic rings. The number of benzene rings is 1. The highest BCUT2D eigenvalue weighted by molar-refractivity contribution is 7.53. The first kappa shape index (κ1) is 6.49. The van der Waals surface area contributed by atoms with Crippen LogP contribution in [0, 0.1) is 6.92 Å². The van der Waals surface area contributed by atoms with Gasteiger partial charge in [0.1, 0.15) is 0 Å². The van der Waals surface area contributed by atoms with Gasteiger partial charge in [0, 0.05) is 0 Å². The summed E-state index contributed by atoms with van der Waals surface area (Å²) in [6.07, 6.45) is 0. The molecule has 2 heteroatoms. The molecule has 0 fully saturated rings. The summed E-state index contributed by atoms with van der Waals surface area (Å²) in [5, 5.41) is 0. The van der Waals surface area contributed by atoms with Gasteiger partial charge in [-0.2, -0.15) is 0 Å². The van der Waals surface area contributed by atoms with Crippen molar-refractivity contribution in [3.05, 3.63) is 29.8 Å². The molecule has 48 valence electrons. The molecule has 0 aliphatic heterocycles. The SMILES string of the molecule is Cc1ccc(O[SH2+])cc1. The summed E-state index contributed by atoms with van der Waals surface area (Å²) >= 11 is 2.93. The van der Waals surface area contributed by atoms with Crippen molar-refractivity contribution in [2.45, 2.75) is 6.92 Å². The number of hydrogen-bond acceptors (Lipinski definition) is 1. The molecule has 0 heterocycles. The maximum absolute atomic E-state index is 4.77. The predicted molar refractivity (Wildman–Crippen MR) is 42.0 cm³/mol. The van der Waals surface area contributed by atoms with E-state index < -0.39 is 0 Å². The summed E-state index contributed by atoms with van der Waals surface area (Å²) in [7, 11) is 0. The van der Waals surface area contributed by atoms with E-state index in [9.17, 15) is 0 Å². The Morgan fingerprint density at radius 1 is 1.22 bits per heavy atom. The zero-order valence-electron chi connectivity index (χ0n) is 5.22. The van der Waals surface area contributed by atoms with Crippen LogP contribution in [-0.4, -0.2) is 0 Å². The van der Waals surface area contributed by atoms with Gasteiger partial charge in [-0.25, -0.2) is 0 Å². The summed E-state index contributed by atoms with van der Waals surface area (Å²) in [4.78, 5) is 0. The third-order valence-electron chi connectivity index (χ3n) is 1.14. The van der Waals surface area contributed by atoms with E-state index in [0.29, 0.717) is 0 Å². The van der Waals surface area contributed by atoms with Crippen molar-refractivity contribution in [1.82, 2.24) is 0 Å². The van der Waals surface area contributed by atoms with Crippen LogP contribution in [0.25, 0.3) is 0 Å². The fourth-order valence-electron chi connectivity index (χ4n) is 0.606. The molecule has 0 radical (unpaired) electrons. The average molecular weight is 141 g/mol. The minimum atomic E-state index is 0.831. The first-order valence-corrected chi connectivity index (χ1v) is 3.14. The lowest BCUT2D eigenvalue weighted by Crippen LogP contribution is -1.78. The van der Waals surface area contributed by atoms with Gasteiger partial charge in [-0.1, -0.05) is 17.7 Å². The van der Waals surface area contributed by atoms with Gasteiger partial charge < -0.3 is 0 Å². The van der Waals surface area contributed by atoms with Crippen molar-refractivity contribution in [2.24, 2.45) is 0 Å². The van der Waals surface area contributed by atoms with Crippen molar-refractivity contribution in [3.63, 3.8) is 0 Å². The van der Waals surface area contributed by atoms with Crippen molar-refractivity contribution in [3.8, 4) is 5.75 Å². The van der Waals surface area contributed by atoms with Crippen LogP contribution in [0.1, 0.15) is 5.56 Å². The lowest BCUT2D eigenvalue weighted by Gasteiger charge is -1.91. The Labute approximate surface area is 60.3 Å². The van der Waals surface area contributed by atoms with Gasteiger partial charge in [-0.3, -0.25) is 4.18 Å². The minimum Gasteiger partial charge on any atom is -0.291 e. The zero-order valence-corrected chi connectivity index (χ0v) is 6.22. The molecule has 0 aliphatic carbocycles. The van der Waals surface area contributed by atoms with Gasteiger partial charge in [-0.05, 0) is 19.1 Å². The molecule has 0 saturated carbocycles. The molecule has 0 saturated heterocycles. The molecule has 1 nitrogen and oxygen atoms in total. The Balaban J connectivity index is 2.88. The molecule has 0 spiro atoms. The molecular formula is C7H9OS+. The Bertz CT molecular complexity index is 181. The second kappa shape index (κ2) is 2.78. The fourth-order valence-corrected chi connectivity index (χ4v) is 0.742. The summed E-state index contributed by atoms with van der Waals surface area (Å²) in [6.45, 7) is 2.04. The van der Waals surface area contributed by atoms with Gasteiger partial charge in [-0.15, -0.1) is 0 Å². The predicted octanol–water partition coefficient (Wildman–Crippen LogP) is 1.30. The van der Waals surface area contributed by atoms with Gasteiger partial charge in [0.2, 0.25) is 0 Å². The molecule has 0 N–H and O–H groups in total. The van der Waals surface area contributed by atoms with E-state index in [1.54, 1.807) is 0 Å². The van der Waals surface area contributed by atoms with Crippen LogP contribution >= 0.6 is 0 Å². The molecule has 0 unspecified atom stereocenters. The molecule has 9 heavy (non-hydrogen) atoms. The first-order valence-electron chi connectivity index (χ1n) is 2.73. The van der Waals surface area contributed by atoms with Crippen LogP contribution in [0.3, 0.4) is 0 Å². The standard InChI is InChI=1S/C7H8OS/c1-6-2-4-7(8-9)5-3-6/h2-5,9H,1H3/p+1. The lowest BCUT2D eigenvalue weighted by molar-refractivity contribution is 0.654. The van der Waals surface area contributed by atoms with E-state index in [2.05, 4.69) is 12.9 Å². The smallest absolute Gasteiger partial charge is 0.187 e.